The predicted molar refractivity (Wildman–Crippen MR) is 209 cm³/mol. The summed E-state index contributed by atoms with van der Waals surface area (Å²) >= 11 is 0. The quantitative estimate of drug-likeness (QED) is 0.203. The van der Waals surface area contributed by atoms with Crippen molar-refractivity contribution in [3.05, 3.63) is 157 Å². The highest BCUT2D eigenvalue weighted by molar-refractivity contribution is 6.08. The molecular formula is C44H32N6. The zero-order valence-electron chi connectivity index (χ0n) is 27.4. The minimum atomic E-state index is -0.0946. The van der Waals surface area contributed by atoms with Crippen molar-refractivity contribution in [2.75, 3.05) is 10.6 Å². The topological polar surface area (TPSA) is 64.4 Å². The van der Waals surface area contributed by atoms with Crippen molar-refractivity contribution < 1.29 is 0 Å². The third-order valence-corrected chi connectivity index (χ3v) is 10.1. The number of allylic oxidation sites excluding steroid dienone is 2. The monoisotopic (exact) mass is 644 g/mol. The number of aromatic nitrogens is 3. The Morgan fingerprint density at radius 2 is 1.42 bits per heavy atom. The molecule has 5 heterocycles. The van der Waals surface area contributed by atoms with Crippen LogP contribution in [0.4, 0.5) is 17.2 Å². The highest BCUT2D eigenvalue weighted by Crippen LogP contribution is 2.48. The summed E-state index contributed by atoms with van der Waals surface area (Å²) in [7, 11) is 0. The van der Waals surface area contributed by atoms with Gasteiger partial charge in [0.2, 0.25) is 0 Å². The SMILES string of the molecule is C/C=C\c1c(N)n(-c2ccccc2)c2ccc(-c3ccc(N4c5ccc(-n6c7ccccc7c7cccnc76)cc5C5=CC=NC54)cc3)cc12. The van der Waals surface area contributed by atoms with Gasteiger partial charge < -0.3 is 10.6 Å². The molecule has 5 aromatic carbocycles. The summed E-state index contributed by atoms with van der Waals surface area (Å²) in [6.45, 7) is 2.03. The van der Waals surface area contributed by atoms with E-state index >= 15 is 0 Å². The minimum absolute atomic E-state index is 0.0946. The van der Waals surface area contributed by atoms with Crippen LogP contribution in [0.25, 0.3) is 67.0 Å². The lowest BCUT2D eigenvalue weighted by Gasteiger charge is -2.24. The summed E-state index contributed by atoms with van der Waals surface area (Å²) < 4.78 is 4.41. The van der Waals surface area contributed by atoms with Gasteiger partial charge in [0.1, 0.15) is 11.5 Å². The number of pyridine rings is 1. The van der Waals surface area contributed by atoms with Crippen LogP contribution in [0.2, 0.25) is 0 Å². The maximum absolute atomic E-state index is 6.77. The van der Waals surface area contributed by atoms with E-state index in [1.54, 1.807) is 0 Å². The highest BCUT2D eigenvalue weighted by Gasteiger charge is 2.36. The first-order chi connectivity index (χ1) is 24.7. The second kappa shape index (κ2) is 10.9. The van der Waals surface area contributed by atoms with Crippen LogP contribution in [-0.2, 0) is 0 Å². The summed E-state index contributed by atoms with van der Waals surface area (Å²) in [5.74, 6) is 0.739. The zero-order valence-corrected chi connectivity index (χ0v) is 27.4. The summed E-state index contributed by atoms with van der Waals surface area (Å²) in [5.41, 5.74) is 20.1. The average molecular weight is 645 g/mol. The number of benzene rings is 5. The fraction of sp³-hybridized carbons (Fsp3) is 0.0455. The van der Waals surface area contributed by atoms with Crippen molar-refractivity contribution >= 4 is 67.9 Å². The van der Waals surface area contributed by atoms with Crippen molar-refractivity contribution in [1.29, 1.82) is 0 Å². The number of nitrogens with two attached hydrogens (primary N) is 1. The molecule has 2 aliphatic heterocycles. The number of aliphatic imine (C=N–C) groups is 1. The number of hydrogen-bond donors (Lipinski definition) is 1. The summed E-state index contributed by atoms with van der Waals surface area (Å²) in [6.07, 6.45) is 10.0. The second-order valence-corrected chi connectivity index (χ2v) is 12.8. The van der Waals surface area contributed by atoms with Crippen LogP contribution in [0.5, 0.6) is 0 Å². The molecule has 238 valence electrons. The van der Waals surface area contributed by atoms with Crippen molar-refractivity contribution in [2.45, 2.75) is 13.1 Å². The molecule has 10 rings (SSSR count). The molecule has 0 bridgehead atoms. The lowest BCUT2D eigenvalue weighted by Crippen LogP contribution is -2.23. The van der Waals surface area contributed by atoms with Gasteiger partial charge in [0, 0.05) is 62.3 Å². The third kappa shape index (κ3) is 4.08. The molecule has 2 aliphatic rings. The van der Waals surface area contributed by atoms with Crippen LogP contribution in [0.15, 0.2) is 151 Å². The lowest BCUT2D eigenvalue weighted by molar-refractivity contribution is 0.889. The van der Waals surface area contributed by atoms with Crippen molar-refractivity contribution in [3.63, 3.8) is 0 Å². The Labute approximate surface area is 289 Å². The molecule has 2 N–H and O–H groups in total. The van der Waals surface area contributed by atoms with Gasteiger partial charge in [-0.05, 0) is 96.9 Å². The van der Waals surface area contributed by atoms with Crippen molar-refractivity contribution in [2.24, 2.45) is 4.99 Å². The van der Waals surface area contributed by atoms with Gasteiger partial charge in [-0.2, -0.15) is 0 Å². The van der Waals surface area contributed by atoms with Crippen LogP contribution < -0.4 is 10.6 Å². The maximum Gasteiger partial charge on any atom is 0.152 e. The van der Waals surface area contributed by atoms with Gasteiger partial charge in [0.25, 0.3) is 0 Å². The first-order valence-electron chi connectivity index (χ1n) is 16.9. The molecule has 6 heteroatoms. The number of fused-ring (bicyclic) bond motifs is 7. The molecule has 6 nitrogen and oxygen atoms in total. The number of anilines is 3. The molecule has 0 spiro atoms. The molecular weight excluding hydrogens is 613 g/mol. The van der Waals surface area contributed by atoms with Crippen LogP contribution in [-0.4, -0.2) is 26.5 Å². The van der Waals surface area contributed by atoms with Gasteiger partial charge in [0.05, 0.1) is 16.7 Å². The van der Waals surface area contributed by atoms with Gasteiger partial charge in [-0.1, -0.05) is 66.7 Å². The number of hydrogen-bond acceptors (Lipinski definition) is 4. The molecule has 8 aromatic rings. The van der Waals surface area contributed by atoms with Gasteiger partial charge in [-0.15, -0.1) is 0 Å². The molecule has 0 saturated carbocycles. The summed E-state index contributed by atoms with van der Waals surface area (Å²) in [4.78, 5) is 12.1. The van der Waals surface area contributed by atoms with E-state index in [4.69, 9.17) is 15.7 Å². The first-order valence-corrected chi connectivity index (χ1v) is 16.9. The molecule has 0 aliphatic carbocycles. The maximum atomic E-state index is 6.77. The van der Waals surface area contributed by atoms with E-state index < -0.39 is 0 Å². The number of rotatable bonds is 5. The normalized spacial score (nSPS) is 15.1. The van der Waals surface area contributed by atoms with Gasteiger partial charge in [-0.3, -0.25) is 14.1 Å². The number of nitrogen functional groups attached to an aromatic ring is 1. The molecule has 0 fully saturated rings. The summed E-state index contributed by atoms with van der Waals surface area (Å²) in [5, 5.41) is 3.48. The van der Waals surface area contributed by atoms with E-state index in [2.05, 4.69) is 129 Å². The molecule has 50 heavy (non-hydrogen) atoms. The van der Waals surface area contributed by atoms with Crippen LogP contribution in [0.3, 0.4) is 0 Å². The lowest BCUT2D eigenvalue weighted by atomic mass is 10.0. The van der Waals surface area contributed by atoms with Crippen molar-refractivity contribution in [3.8, 4) is 22.5 Å². The van der Waals surface area contributed by atoms with Crippen LogP contribution in [0.1, 0.15) is 18.1 Å². The fourth-order valence-electron chi connectivity index (χ4n) is 7.91. The summed E-state index contributed by atoms with van der Waals surface area (Å²) in [6, 6.07) is 45.2. The Hall–Kier alpha value is -6.66. The number of para-hydroxylation sites is 2. The van der Waals surface area contributed by atoms with Gasteiger partial charge in [-0.25, -0.2) is 4.98 Å². The highest BCUT2D eigenvalue weighted by atomic mass is 15.3. The van der Waals surface area contributed by atoms with Gasteiger partial charge in [0.15, 0.2) is 6.17 Å². The van der Waals surface area contributed by atoms with E-state index in [1.807, 2.05) is 49.7 Å². The second-order valence-electron chi connectivity index (χ2n) is 12.8. The molecule has 3 aromatic heterocycles. The Balaban J connectivity index is 1.04. The Kier molecular flexibility index (Phi) is 6.20. The standard InChI is InChI=1S/C44H32N6/c1-2-9-34-37-26-29(17-21-40(37)48(42(34)45)30-10-4-3-5-11-30)28-15-18-31(19-16-28)49-41-22-20-32(27-38(41)36-23-25-47-44(36)49)50-39-14-7-6-12-33(39)35-13-8-24-46-43(35)50/h2-27,44H,45H2,1H3/b9-2-. The third-order valence-electron chi connectivity index (χ3n) is 10.1. The van der Waals surface area contributed by atoms with E-state index in [9.17, 15) is 0 Å². The Morgan fingerprint density at radius 1 is 0.660 bits per heavy atom. The number of nitrogens with zero attached hydrogens (tertiary/aromatic N) is 5. The molecule has 1 atom stereocenters. The smallest absolute Gasteiger partial charge is 0.152 e. The molecule has 0 amide bonds. The predicted octanol–water partition coefficient (Wildman–Crippen LogP) is 10.4. The van der Waals surface area contributed by atoms with Gasteiger partial charge >= 0.3 is 0 Å². The van der Waals surface area contributed by atoms with E-state index in [0.29, 0.717) is 0 Å². The molecule has 0 saturated heterocycles. The van der Waals surface area contributed by atoms with E-state index in [1.165, 1.54) is 16.5 Å². The van der Waals surface area contributed by atoms with E-state index in [-0.39, 0.29) is 6.17 Å². The Morgan fingerprint density at radius 3 is 2.28 bits per heavy atom. The molecule has 1 unspecified atom stereocenters. The van der Waals surface area contributed by atoms with Crippen LogP contribution in [0, 0.1) is 0 Å². The first kappa shape index (κ1) is 28.4. The zero-order chi connectivity index (χ0) is 33.3. The Bertz CT molecular complexity index is 2670. The molecule has 0 radical (unpaired) electrons. The fourth-order valence-corrected chi connectivity index (χ4v) is 7.91. The largest absolute Gasteiger partial charge is 0.384 e. The van der Waals surface area contributed by atoms with Crippen LogP contribution >= 0.6 is 0 Å². The average Bonchev–Trinajstić information content (AvgIpc) is 3.91. The minimum Gasteiger partial charge on any atom is -0.384 e. The van der Waals surface area contributed by atoms with E-state index in [0.717, 1.165) is 72.7 Å². The van der Waals surface area contributed by atoms with Crippen molar-refractivity contribution in [1.82, 2.24) is 14.1 Å².